The Morgan fingerprint density at radius 1 is 1.39 bits per heavy atom. The third-order valence-corrected chi connectivity index (χ3v) is 3.15. The maximum absolute atomic E-state index is 10.8. The van der Waals surface area contributed by atoms with Crippen LogP contribution in [0.4, 0.5) is 0 Å². The Kier molecular flexibility index (Phi) is 6.74. The predicted octanol–water partition coefficient (Wildman–Crippen LogP) is 2.23. The van der Waals surface area contributed by atoms with Gasteiger partial charge in [-0.15, -0.1) is 0 Å². The molecule has 18 heavy (non-hydrogen) atoms. The average molecular weight is 265 g/mol. The van der Waals surface area contributed by atoms with Gasteiger partial charge in [0.05, 0.1) is 31.1 Å². The van der Waals surface area contributed by atoms with Crippen LogP contribution in [0.3, 0.4) is 0 Å². The molecule has 0 radical (unpaired) electrons. The van der Waals surface area contributed by atoms with Gasteiger partial charge in [-0.2, -0.15) is 17.0 Å². The fourth-order valence-corrected chi connectivity index (χ4v) is 1.94. The SMILES string of the molecule is COC(=O)CSCCCOc1ccc(C#N)cc1. The van der Waals surface area contributed by atoms with Crippen LogP contribution < -0.4 is 4.74 Å². The van der Waals surface area contributed by atoms with Crippen molar-refractivity contribution < 1.29 is 14.3 Å². The van der Waals surface area contributed by atoms with Crippen molar-refractivity contribution in [2.45, 2.75) is 6.42 Å². The van der Waals surface area contributed by atoms with E-state index in [0.29, 0.717) is 17.9 Å². The quantitative estimate of drug-likeness (QED) is 0.559. The van der Waals surface area contributed by atoms with E-state index in [1.165, 1.54) is 18.9 Å². The summed E-state index contributed by atoms with van der Waals surface area (Å²) in [6, 6.07) is 9.05. The summed E-state index contributed by atoms with van der Waals surface area (Å²) in [6.07, 6.45) is 0.863. The number of methoxy groups -OCH3 is 1. The summed E-state index contributed by atoms with van der Waals surface area (Å²) < 4.78 is 10.0. The molecule has 0 bridgehead atoms. The number of carbonyl (C=O) groups excluding carboxylic acids is 1. The van der Waals surface area contributed by atoms with Crippen molar-refractivity contribution >= 4 is 17.7 Å². The smallest absolute Gasteiger partial charge is 0.315 e. The first kappa shape index (κ1) is 14.4. The van der Waals surface area contributed by atoms with Crippen molar-refractivity contribution in [1.82, 2.24) is 0 Å². The highest BCUT2D eigenvalue weighted by molar-refractivity contribution is 7.99. The lowest BCUT2D eigenvalue weighted by Crippen LogP contribution is -2.05. The van der Waals surface area contributed by atoms with Crippen LogP contribution >= 0.6 is 11.8 Å². The van der Waals surface area contributed by atoms with Gasteiger partial charge < -0.3 is 9.47 Å². The molecule has 0 heterocycles. The molecule has 4 nitrogen and oxygen atoms in total. The highest BCUT2D eigenvalue weighted by Crippen LogP contribution is 2.12. The van der Waals surface area contributed by atoms with E-state index < -0.39 is 0 Å². The van der Waals surface area contributed by atoms with Gasteiger partial charge in [-0.05, 0) is 36.4 Å². The van der Waals surface area contributed by atoms with Gasteiger partial charge in [-0.1, -0.05) is 0 Å². The first-order valence-corrected chi connectivity index (χ1v) is 6.69. The molecule has 0 saturated carbocycles. The molecule has 0 fully saturated rings. The minimum Gasteiger partial charge on any atom is -0.494 e. The van der Waals surface area contributed by atoms with Gasteiger partial charge in [-0.3, -0.25) is 4.79 Å². The van der Waals surface area contributed by atoms with Crippen molar-refractivity contribution in [3.05, 3.63) is 29.8 Å². The molecule has 1 rings (SSSR count). The van der Waals surface area contributed by atoms with Gasteiger partial charge in [0, 0.05) is 0 Å². The summed E-state index contributed by atoms with van der Waals surface area (Å²) >= 11 is 1.53. The third-order valence-electron chi connectivity index (χ3n) is 2.13. The highest BCUT2D eigenvalue weighted by atomic mass is 32.2. The number of benzene rings is 1. The number of nitrogens with zero attached hydrogens (tertiary/aromatic N) is 1. The lowest BCUT2D eigenvalue weighted by molar-refractivity contribution is -0.137. The first-order chi connectivity index (χ1) is 8.76. The number of hydrogen-bond donors (Lipinski definition) is 0. The zero-order valence-corrected chi connectivity index (χ0v) is 11.0. The Hall–Kier alpha value is -1.67. The normalized spacial score (nSPS) is 9.56. The number of rotatable bonds is 7. The van der Waals surface area contributed by atoms with E-state index in [1.807, 2.05) is 0 Å². The molecule has 0 unspecified atom stereocenters. The summed E-state index contributed by atoms with van der Waals surface area (Å²) in [6.45, 7) is 0.597. The van der Waals surface area contributed by atoms with Crippen LogP contribution in [0.15, 0.2) is 24.3 Å². The number of hydrogen-bond acceptors (Lipinski definition) is 5. The molecular weight excluding hydrogens is 250 g/mol. The van der Waals surface area contributed by atoms with Crippen molar-refractivity contribution in [1.29, 1.82) is 5.26 Å². The van der Waals surface area contributed by atoms with Crippen LogP contribution in [-0.2, 0) is 9.53 Å². The monoisotopic (exact) mass is 265 g/mol. The summed E-state index contributed by atoms with van der Waals surface area (Å²) in [5.41, 5.74) is 0.621. The van der Waals surface area contributed by atoms with E-state index >= 15 is 0 Å². The van der Waals surface area contributed by atoms with Crippen LogP contribution in [0.2, 0.25) is 0 Å². The summed E-state index contributed by atoms with van der Waals surface area (Å²) in [4.78, 5) is 10.8. The molecule has 5 heteroatoms. The Labute approximate surface area is 111 Å². The van der Waals surface area contributed by atoms with Crippen LogP contribution in [0, 0.1) is 11.3 Å². The highest BCUT2D eigenvalue weighted by Gasteiger charge is 2.00. The van der Waals surface area contributed by atoms with E-state index in [1.54, 1.807) is 24.3 Å². The van der Waals surface area contributed by atoms with Crippen LogP contribution in [0.1, 0.15) is 12.0 Å². The van der Waals surface area contributed by atoms with Crippen LogP contribution in [0.5, 0.6) is 5.75 Å². The zero-order chi connectivity index (χ0) is 13.2. The largest absolute Gasteiger partial charge is 0.494 e. The summed E-state index contributed by atoms with van der Waals surface area (Å²) in [7, 11) is 1.39. The van der Waals surface area contributed by atoms with E-state index in [-0.39, 0.29) is 5.97 Å². The molecule has 0 atom stereocenters. The minimum atomic E-state index is -0.201. The molecule has 0 aliphatic carbocycles. The second-order valence-electron chi connectivity index (χ2n) is 3.47. The summed E-state index contributed by atoms with van der Waals surface area (Å²) in [5.74, 6) is 1.79. The van der Waals surface area contributed by atoms with Crippen molar-refractivity contribution in [3.8, 4) is 11.8 Å². The van der Waals surface area contributed by atoms with Gasteiger partial charge >= 0.3 is 5.97 Å². The molecule has 0 N–H and O–H groups in total. The predicted molar refractivity (Wildman–Crippen MR) is 70.6 cm³/mol. The number of carbonyl (C=O) groups is 1. The standard InChI is InChI=1S/C13H15NO3S/c1-16-13(15)10-18-8-2-7-17-12-5-3-11(9-14)4-6-12/h3-6H,2,7-8,10H2,1H3. The van der Waals surface area contributed by atoms with Gasteiger partial charge in [0.15, 0.2) is 0 Å². The van der Waals surface area contributed by atoms with Crippen molar-refractivity contribution in [3.63, 3.8) is 0 Å². The van der Waals surface area contributed by atoms with E-state index in [2.05, 4.69) is 10.8 Å². The molecule has 1 aromatic rings. The topological polar surface area (TPSA) is 59.3 Å². The second-order valence-corrected chi connectivity index (χ2v) is 4.57. The molecule has 0 aliphatic heterocycles. The van der Waals surface area contributed by atoms with Gasteiger partial charge in [0.25, 0.3) is 0 Å². The van der Waals surface area contributed by atoms with Crippen LogP contribution in [0.25, 0.3) is 0 Å². The number of ether oxygens (including phenoxy) is 2. The second kappa shape index (κ2) is 8.43. The lowest BCUT2D eigenvalue weighted by Gasteiger charge is -2.05. The fraction of sp³-hybridized carbons (Fsp3) is 0.385. The Morgan fingerprint density at radius 3 is 2.72 bits per heavy atom. The lowest BCUT2D eigenvalue weighted by atomic mass is 10.2. The number of esters is 1. The third kappa shape index (κ3) is 5.60. The maximum atomic E-state index is 10.8. The minimum absolute atomic E-state index is 0.201. The van der Waals surface area contributed by atoms with Gasteiger partial charge in [0.2, 0.25) is 0 Å². The molecule has 0 amide bonds. The van der Waals surface area contributed by atoms with E-state index in [9.17, 15) is 4.79 Å². The molecule has 0 aromatic heterocycles. The van der Waals surface area contributed by atoms with Crippen molar-refractivity contribution in [2.24, 2.45) is 0 Å². The molecule has 96 valence electrons. The molecular formula is C13H15NO3S. The Balaban J connectivity index is 2.10. The van der Waals surface area contributed by atoms with Crippen LogP contribution in [-0.4, -0.2) is 31.2 Å². The number of thioether (sulfide) groups is 1. The van der Waals surface area contributed by atoms with Gasteiger partial charge in [-0.25, -0.2) is 0 Å². The van der Waals surface area contributed by atoms with Crippen molar-refractivity contribution in [2.75, 3.05) is 25.2 Å². The Bertz CT molecular complexity index is 411. The molecule has 0 aliphatic rings. The summed E-state index contributed by atoms with van der Waals surface area (Å²) in [5, 5.41) is 8.64. The van der Waals surface area contributed by atoms with Gasteiger partial charge in [0.1, 0.15) is 5.75 Å². The molecule has 0 spiro atoms. The number of nitriles is 1. The van der Waals surface area contributed by atoms with E-state index in [4.69, 9.17) is 10.00 Å². The molecule has 0 saturated heterocycles. The Morgan fingerprint density at radius 2 is 2.11 bits per heavy atom. The average Bonchev–Trinajstić information content (AvgIpc) is 2.43. The fourth-order valence-electron chi connectivity index (χ4n) is 1.19. The zero-order valence-electron chi connectivity index (χ0n) is 10.2. The maximum Gasteiger partial charge on any atom is 0.315 e. The first-order valence-electron chi connectivity index (χ1n) is 5.54. The van der Waals surface area contributed by atoms with E-state index in [0.717, 1.165) is 17.9 Å². The molecule has 1 aromatic carbocycles.